The number of hydrogen-bond donors (Lipinski definition) is 1. The van der Waals surface area contributed by atoms with Crippen LogP contribution < -0.4 is 15.9 Å². The maximum Gasteiger partial charge on any atom is 0.207 e. The van der Waals surface area contributed by atoms with Gasteiger partial charge in [-0.2, -0.15) is 5.10 Å². The van der Waals surface area contributed by atoms with Crippen molar-refractivity contribution in [3.63, 3.8) is 0 Å². The summed E-state index contributed by atoms with van der Waals surface area (Å²) in [5.41, 5.74) is 3.56. The monoisotopic (exact) mass is 632 g/mol. The molecule has 0 bridgehead atoms. The number of ketones is 1. The third kappa shape index (κ3) is 4.57. The molecule has 0 radical (unpaired) electrons. The SMILES string of the molecule is Cc1nn(-c2ccccc2)c2sc(C(=O)C(c3nc4ccccc4[nH]3)=P(c3ccccc3)(c3ccccc3)c3ccccc3)cc12. The molecular weight excluding hydrogens is 603 g/mol. The smallest absolute Gasteiger partial charge is 0.207 e. The number of aromatic nitrogens is 4. The summed E-state index contributed by atoms with van der Waals surface area (Å²) in [6.45, 7) is -0.809. The number of nitrogens with zero attached hydrogens (tertiary/aromatic N) is 3. The van der Waals surface area contributed by atoms with E-state index in [4.69, 9.17) is 10.1 Å². The lowest BCUT2D eigenvalue weighted by molar-refractivity contribution is 0.107. The van der Waals surface area contributed by atoms with E-state index in [2.05, 4.69) is 77.8 Å². The fourth-order valence-corrected chi connectivity index (χ4v) is 11.9. The quantitative estimate of drug-likeness (QED) is 0.145. The van der Waals surface area contributed by atoms with Crippen molar-refractivity contribution in [3.05, 3.63) is 168 Å². The molecule has 1 N–H and O–H groups in total. The maximum absolute atomic E-state index is 15.5. The van der Waals surface area contributed by atoms with Gasteiger partial charge in [0.1, 0.15) is 10.7 Å². The highest BCUT2D eigenvalue weighted by Crippen LogP contribution is 2.48. The number of Topliss-reactive ketones (excluding diaryl/α,β-unsaturated/α-hetero) is 1. The maximum atomic E-state index is 15.5. The van der Waals surface area contributed by atoms with E-state index in [1.54, 1.807) is 0 Å². The number of aromatic amines is 1. The molecule has 0 aliphatic heterocycles. The third-order valence-electron chi connectivity index (χ3n) is 8.36. The van der Waals surface area contributed by atoms with Crippen molar-refractivity contribution in [3.8, 4) is 5.69 Å². The number of imidazole rings is 1. The Balaban J connectivity index is 1.52. The average Bonchev–Trinajstić information content (AvgIpc) is 3.83. The minimum atomic E-state index is -2.81. The summed E-state index contributed by atoms with van der Waals surface area (Å²) >= 11 is 1.49. The van der Waals surface area contributed by atoms with Crippen molar-refractivity contribution in [2.75, 3.05) is 0 Å². The molecule has 0 aliphatic rings. The molecule has 0 aliphatic carbocycles. The van der Waals surface area contributed by atoms with Gasteiger partial charge in [-0.15, -0.1) is 11.3 Å². The van der Waals surface area contributed by atoms with E-state index in [-0.39, 0.29) is 5.78 Å². The zero-order chi connectivity index (χ0) is 31.1. The van der Waals surface area contributed by atoms with Gasteiger partial charge >= 0.3 is 0 Å². The number of carbonyl (C=O) groups excluding carboxylic acids is 1. The van der Waals surface area contributed by atoms with Crippen LogP contribution in [-0.2, 0) is 0 Å². The summed E-state index contributed by atoms with van der Waals surface area (Å²) in [4.78, 5) is 25.8. The summed E-state index contributed by atoms with van der Waals surface area (Å²) in [7, 11) is 0. The van der Waals surface area contributed by atoms with Crippen molar-refractivity contribution >= 4 is 66.5 Å². The first-order chi connectivity index (χ1) is 22.6. The standard InChI is InChI=1S/C39H29N4OPS/c1-27-32-26-35(46-39(32)43(42-27)28-16-6-2-7-17-28)36(44)37(38-40-33-24-14-15-25-34(33)41-38)45(29-18-8-3-9-19-29,30-20-10-4-11-21-30)31-22-12-5-13-23-31/h2-26H,1H3,(H,40,41). The molecule has 46 heavy (non-hydrogen) atoms. The zero-order valence-corrected chi connectivity index (χ0v) is 26.8. The molecule has 8 aromatic rings. The molecule has 5 aromatic carbocycles. The minimum absolute atomic E-state index is 0.0378. The van der Waals surface area contributed by atoms with Crippen LogP contribution in [0.25, 0.3) is 26.9 Å². The molecule has 3 aromatic heterocycles. The Bertz CT molecular complexity index is 2260. The fraction of sp³-hybridized carbons (Fsp3) is 0.0256. The highest BCUT2D eigenvalue weighted by atomic mass is 32.1. The first-order valence-corrected chi connectivity index (χ1v) is 17.7. The van der Waals surface area contributed by atoms with Crippen molar-refractivity contribution < 1.29 is 4.79 Å². The van der Waals surface area contributed by atoms with Gasteiger partial charge in [-0.05, 0) is 60.1 Å². The Morgan fingerprint density at radius 3 is 1.78 bits per heavy atom. The van der Waals surface area contributed by atoms with Gasteiger partial charge < -0.3 is 4.98 Å². The second-order valence-corrected chi connectivity index (χ2v) is 15.5. The molecule has 0 spiro atoms. The van der Waals surface area contributed by atoms with Crippen molar-refractivity contribution in [2.24, 2.45) is 0 Å². The van der Waals surface area contributed by atoms with Gasteiger partial charge in [0, 0.05) is 5.39 Å². The molecule has 0 unspecified atom stereocenters. The Hall–Kier alpha value is -5.29. The van der Waals surface area contributed by atoms with E-state index in [1.807, 2.05) is 90.5 Å². The summed E-state index contributed by atoms with van der Waals surface area (Å²) in [5, 5.41) is 9.75. The van der Waals surface area contributed by atoms with Gasteiger partial charge in [-0.25, -0.2) is 9.67 Å². The summed E-state index contributed by atoms with van der Waals surface area (Å²) in [6.07, 6.45) is 0. The van der Waals surface area contributed by atoms with E-state index in [0.29, 0.717) is 16.0 Å². The van der Waals surface area contributed by atoms with E-state index in [0.717, 1.165) is 48.5 Å². The van der Waals surface area contributed by atoms with Gasteiger partial charge in [0.2, 0.25) is 5.78 Å². The van der Waals surface area contributed by atoms with Gasteiger partial charge in [-0.1, -0.05) is 121 Å². The Kier molecular flexibility index (Phi) is 7.09. The summed E-state index contributed by atoms with van der Waals surface area (Å²) in [5.74, 6) is 0.555. The van der Waals surface area contributed by atoms with E-state index in [9.17, 15) is 0 Å². The lowest BCUT2D eigenvalue weighted by atomic mass is 10.2. The van der Waals surface area contributed by atoms with Crippen LogP contribution in [0, 0.1) is 6.92 Å². The molecule has 222 valence electrons. The third-order valence-corrected chi connectivity index (χ3v) is 13.8. The number of hydrogen-bond acceptors (Lipinski definition) is 4. The van der Waals surface area contributed by atoms with Crippen LogP contribution in [0.3, 0.4) is 0 Å². The van der Waals surface area contributed by atoms with Crippen LogP contribution in [0.1, 0.15) is 21.2 Å². The predicted molar refractivity (Wildman–Crippen MR) is 193 cm³/mol. The Labute approximate surface area is 270 Å². The van der Waals surface area contributed by atoms with Crippen LogP contribution in [0.15, 0.2) is 152 Å². The normalized spacial score (nSPS) is 11.7. The molecule has 5 nitrogen and oxygen atoms in total. The van der Waals surface area contributed by atoms with Crippen molar-refractivity contribution in [1.82, 2.24) is 19.7 Å². The van der Waals surface area contributed by atoms with Crippen molar-refractivity contribution in [2.45, 2.75) is 6.92 Å². The van der Waals surface area contributed by atoms with E-state index < -0.39 is 6.89 Å². The van der Waals surface area contributed by atoms with Crippen LogP contribution in [0.2, 0.25) is 0 Å². The summed E-state index contributed by atoms with van der Waals surface area (Å²) in [6, 6.07) is 51.5. The van der Waals surface area contributed by atoms with Crippen LogP contribution in [0.5, 0.6) is 0 Å². The number of rotatable bonds is 7. The lowest BCUT2D eigenvalue weighted by Gasteiger charge is -2.31. The molecule has 3 heterocycles. The molecule has 0 saturated heterocycles. The van der Waals surface area contributed by atoms with Gasteiger partial charge in [0.25, 0.3) is 0 Å². The molecule has 8 rings (SSSR count). The second kappa shape index (κ2) is 11.6. The van der Waals surface area contributed by atoms with Crippen LogP contribution in [0.4, 0.5) is 0 Å². The zero-order valence-electron chi connectivity index (χ0n) is 25.0. The van der Waals surface area contributed by atoms with Crippen LogP contribution >= 0.6 is 18.2 Å². The highest BCUT2D eigenvalue weighted by Gasteiger charge is 2.36. The Morgan fingerprint density at radius 1 is 0.696 bits per heavy atom. The first kappa shape index (κ1) is 28.2. The number of aryl methyl sites for hydroxylation is 1. The van der Waals surface area contributed by atoms with E-state index >= 15 is 4.79 Å². The molecule has 0 saturated carbocycles. The fourth-order valence-electron chi connectivity index (χ4n) is 6.29. The van der Waals surface area contributed by atoms with Crippen LogP contribution in [-0.4, -0.2) is 30.8 Å². The lowest BCUT2D eigenvalue weighted by Crippen LogP contribution is -2.34. The Morgan fingerprint density at radius 2 is 1.22 bits per heavy atom. The molecule has 0 atom stereocenters. The highest BCUT2D eigenvalue weighted by molar-refractivity contribution is 7.97. The van der Waals surface area contributed by atoms with E-state index in [1.165, 1.54) is 11.3 Å². The number of carbonyl (C=O) groups is 1. The number of fused-ring (bicyclic) bond motifs is 2. The predicted octanol–water partition coefficient (Wildman–Crippen LogP) is 7.67. The summed E-state index contributed by atoms with van der Waals surface area (Å²) < 4.78 is 1.95. The number of H-pyrrole nitrogens is 1. The van der Waals surface area contributed by atoms with Gasteiger partial charge in [-0.3, -0.25) is 4.79 Å². The number of thiophene rings is 1. The topological polar surface area (TPSA) is 63.6 Å². The number of para-hydroxylation sites is 3. The number of nitrogens with one attached hydrogen (secondary N) is 1. The first-order valence-electron chi connectivity index (χ1n) is 15.1. The number of benzene rings is 5. The minimum Gasteiger partial charge on any atom is -0.338 e. The molecule has 7 heteroatoms. The molecule has 0 amide bonds. The van der Waals surface area contributed by atoms with Gasteiger partial charge in [0.05, 0.1) is 32.6 Å². The molecular formula is C39H29N4OPS. The van der Waals surface area contributed by atoms with Gasteiger partial charge in [0.15, 0.2) is 0 Å². The largest absolute Gasteiger partial charge is 0.338 e. The van der Waals surface area contributed by atoms with Crippen molar-refractivity contribution in [1.29, 1.82) is 0 Å². The molecule has 0 fully saturated rings. The second-order valence-electron chi connectivity index (χ2n) is 11.1. The average molecular weight is 633 g/mol.